The van der Waals surface area contributed by atoms with E-state index in [2.05, 4.69) is 18.8 Å². The summed E-state index contributed by atoms with van der Waals surface area (Å²) in [4.78, 5) is 4.22. The Labute approximate surface area is 103 Å². The van der Waals surface area contributed by atoms with Crippen LogP contribution in [0.4, 0.5) is 5.69 Å². The molecule has 0 aliphatic carbocycles. The van der Waals surface area contributed by atoms with Gasteiger partial charge >= 0.3 is 0 Å². The van der Waals surface area contributed by atoms with Crippen molar-refractivity contribution in [1.82, 2.24) is 4.98 Å². The van der Waals surface area contributed by atoms with Gasteiger partial charge in [-0.3, -0.25) is 0 Å². The topological polar surface area (TPSA) is 57.4 Å². The van der Waals surface area contributed by atoms with E-state index in [1.807, 2.05) is 6.92 Å². The summed E-state index contributed by atoms with van der Waals surface area (Å²) in [5.74, 6) is 1.56. The first-order chi connectivity index (χ1) is 8.17. The quantitative estimate of drug-likeness (QED) is 0.793. The lowest BCUT2D eigenvalue weighted by molar-refractivity contribution is 0.238. The smallest absolute Gasteiger partial charge is 0.240 e. The number of hydrogen-bond acceptors (Lipinski definition) is 4. The SMILES string of the molecule is CCCC(C)COc1ccc(N)c(OCC)n1. The number of ether oxygens (including phenoxy) is 2. The van der Waals surface area contributed by atoms with Gasteiger partial charge in [-0.1, -0.05) is 20.3 Å². The van der Waals surface area contributed by atoms with Crippen LogP contribution in [0.3, 0.4) is 0 Å². The first kappa shape index (κ1) is 13.6. The molecular weight excluding hydrogens is 216 g/mol. The molecule has 0 spiro atoms. The van der Waals surface area contributed by atoms with Crippen LogP contribution < -0.4 is 15.2 Å². The van der Waals surface area contributed by atoms with Gasteiger partial charge < -0.3 is 15.2 Å². The molecule has 0 bridgehead atoms. The molecule has 0 aliphatic heterocycles. The molecule has 1 rings (SSSR count). The summed E-state index contributed by atoms with van der Waals surface area (Å²) in [6.45, 7) is 7.47. The summed E-state index contributed by atoms with van der Waals surface area (Å²) >= 11 is 0. The van der Waals surface area contributed by atoms with E-state index < -0.39 is 0 Å². The normalized spacial score (nSPS) is 12.2. The van der Waals surface area contributed by atoms with Crippen LogP contribution >= 0.6 is 0 Å². The number of nitrogens with two attached hydrogens (primary N) is 1. The minimum absolute atomic E-state index is 0.452. The van der Waals surface area contributed by atoms with Crippen LogP contribution in [0.2, 0.25) is 0 Å². The molecule has 4 heteroatoms. The van der Waals surface area contributed by atoms with E-state index in [9.17, 15) is 0 Å². The van der Waals surface area contributed by atoms with E-state index in [1.165, 1.54) is 6.42 Å². The van der Waals surface area contributed by atoms with Gasteiger partial charge in [-0.05, 0) is 25.3 Å². The molecule has 4 nitrogen and oxygen atoms in total. The third-order valence-electron chi connectivity index (χ3n) is 2.44. The lowest BCUT2D eigenvalue weighted by Gasteiger charge is -2.12. The molecule has 0 radical (unpaired) electrons. The molecule has 0 saturated carbocycles. The van der Waals surface area contributed by atoms with E-state index in [1.54, 1.807) is 12.1 Å². The van der Waals surface area contributed by atoms with Crippen molar-refractivity contribution in [3.8, 4) is 11.8 Å². The van der Waals surface area contributed by atoms with Crippen LogP contribution in [-0.2, 0) is 0 Å². The fraction of sp³-hybridized carbons (Fsp3) is 0.615. The monoisotopic (exact) mass is 238 g/mol. The van der Waals surface area contributed by atoms with E-state index >= 15 is 0 Å². The highest BCUT2D eigenvalue weighted by atomic mass is 16.5. The zero-order valence-corrected chi connectivity index (χ0v) is 10.9. The third-order valence-corrected chi connectivity index (χ3v) is 2.44. The highest BCUT2D eigenvalue weighted by molar-refractivity contribution is 5.49. The predicted octanol–water partition coefficient (Wildman–Crippen LogP) is 2.88. The van der Waals surface area contributed by atoms with Gasteiger partial charge in [0, 0.05) is 6.07 Å². The van der Waals surface area contributed by atoms with E-state index in [4.69, 9.17) is 15.2 Å². The Morgan fingerprint density at radius 3 is 2.71 bits per heavy atom. The zero-order chi connectivity index (χ0) is 12.7. The Kier molecular flexibility index (Phi) is 5.60. The fourth-order valence-corrected chi connectivity index (χ4v) is 1.57. The van der Waals surface area contributed by atoms with Gasteiger partial charge in [0.15, 0.2) is 0 Å². The molecule has 1 aromatic rings. The maximum atomic E-state index is 5.74. The van der Waals surface area contributed by atoms with Crippen LogP contribution in [0.5, 0.6) is 11.8 Å². The van der Waals surface area contributed by atoms with Crippen molar-refractivity contribution >= 4 is 5.69 Å². The summed E-state index contributed by atoms with van der Waals surface area (Å²) in [5.41, 5.74) is 6.28. The molecular formula is C13H22N2O2. The van der Waals surface area contributed by atoms with Crippen LogP contribution in [0, 0.1) is 5.92 Å². The molecule has 0 aliphatic rings. The van der Waals surface area contributed by atoms with Crippen molar-refractivity contribution in [2.24, 2.45) is 5.92 Å². The Bertz CT molecular complexity index is 342. The molecule has 1 heterocycles. The second-order valence-corrected chi connectivity index (χ2v) is 4.18. The summed E-state index contributed by atoms with van der Waals surface area (Å²) in [6, 6.07) is 3.54. The molecule has 1 atom stereocenters. The zero-order valence-electron chi connectivity index (χ0n) is 10.9. The van der Waals surface area contributed by atoms with Crippen molar-refractivity contribution in [3.05, 3.63) is 12.1 Å². The van der Waals surface area contributed by atoms with Crippen molar-refractivity contribution < 1.29 is 9.47 Å². The van der Waals surface area contributed by atoms with Crippen LogP contribution in [0.15, 0.2) is 12.1 Å². The number of rotatable bonds is 7. The molecule has 0 aromatic carbocycles. The van der Waals surface area contributed by atoms with Gasteiger partial charge in [-0.15, -0.1) is 0 Å². The van der Waals surface area contributed by atoms with Crippen molar-refractivity contribution in [3.63, 3.8) is 0 Å². The number of nitrogens with zero attached hydrogens (tertiary/aromatic N) is 1. The van der Waals surface area contributed by atoms with Gasteiger partial charge in [0.25, 0.3) is 0 Å². The lowest BCUT2D eigenvalue weighted by Crippen LogP contribution is -2.09. The molecule has 1 aromatic heterocycles. The Morgan fingerprint density at radius 1 is 1.29 bits per heavy atom. The maximum absolute atomic E-state index is 5.74. The van der Waals surface area contributed by atoms with Gasteiger partial charge in [-0.2, -0.15) is 4.98 Å². The summed E-state index contributed by atoms with van der Waals surface area (Å²) < 4.78 is 10.9. The number of hydrogen-bond donors (Lipinski definition) is 1. The minimum atomic E-state index is 0.452. The van der Waals surface area contributed by atoms with Crippen molar-refractivity contribution in [2.45, 2.75) is 33.6 Å². The van der Waals surface area contributed by atoms with Gasteiger partial charge in [0.05, 0.1) is 18.9 Å². The molecule has 17 heavy (non-hydrogen) atoms. The van der Waals surface area contributed by atoms with E-state index in [-0.39, 0.29) is 0 Å². The van der Waals surface area contributed by atoms with Crippen LogP contribution in [0.1, 0.15) is 33.6 Å². The average molecular weight is 238 g/mol. The van der Waals surface area contributed by atoms with Crippen molar-refractivity contribution in [1.29, 1.82) is 0 Å². The third kappa shape index (κ3) is 4.51. The Balaban J connectivity index is 2.56. The molecule has 96 valence electrons. The molecule has 0 amide bonds. The van der Waals surface area contributed by atoms with E-state index in [0.29, 0.717) is 36.6 Å². The second kappa shape index (κ2) is 6.99. The molecule has 2 N–H and O–H groups in total. The van der Waals surface area contributed by atoms with E-state index in [0.717, 1.165) is 6.42 Å². The summed E-state index contributed by atoms with van der Waals surface area (Å²) in [5, 5.41) is 0. The predicted molar refractivity (Wildman–Crippen MR) is 69.4 cm³/mol. The average Bonchev–Trinajstić information content (AvgIpc) is 2.31. The second-order valence-electron chi connectivity index (χ2n) is 4.18. The Morgan fingerprint density at radius 2 is 2.06 bits per heavy atom. The number of nitrogen functional groups attached to an aromatic ring is 1. The first-order valence-electron chi connectivity index (χ1n) is 6.19. The number of pyridine rings is 1. The summed E-state index contributed by atoms with van der Waals surface area (Å²) in [7, 11) is 0. The molecule has 1 unspecified atom stereocenters. The van der Waals surface area contributed by atoms with Crippen molar-refractivity contribution in [2.75, 3.05) is 18.9 Å². The van der Waals surface area contributed by atoms with Gasteiger partial charge in [0.1, 0.15) is 0 Å². The van der Waals surface area contributed by atoms with Gasteiger partial charge in [-0.25, -0.2) is 0 Å². The molecule has 0 saturated heterocycles. The first-order valence-corrected chi connectivity index (χ1v) is 6.19. The summed E-state index contributed by atoms with van der Waals surface area (Å²) in [6.07, 6.45) is 2.33. The minimum Gasteiger partial charge on any atom is -0.477 e. The van der Waals surface area contributed by atoms with Crippen LogP contribution in [-0.4, -0.2) is 18.2 Å². The fourth-order valence-electron chi connectivity index (χ4n) is 1.57. The van der Waals surface area contributed by atoms with Crippen LogP contribution in [0.25, 0.3) is 0 Å². The highest BCUT2D eigenvalue weighted by Crippen LogP contribution is 2.22. The molecule has 0 fully saturated rings. The number of anilines is 1. The largest absolute Gasteiger partial charge is 0.477 e. The van der Waals surface area contributed by atoms with Gasteiger partial charge in [0.2, 0.25) is 11.8 Å². The maximum Gasteiger partial charge on any atom is 0.240 e. The Hall–Kier alpha value is -1.45. The lowest BCUT2D eigenvalue weighted by atomic mass is 10.1. The number of aromatic nitrogens is 1. The highest BCUT2D eigenvalue weighted by Gasteiger charge is 2.06. The standard InChI is InChI=1S/C13H22N2O2/c1-4-6-10(3)9-17-12-8-7-11(14)13(15-12)16-5-2/h7-8,10H,4-6,9,14H2,1-3H3.